The van der Waals surface area contributed by atoms with Crippen molar-refractivity contribution in [1.29, 1.82) is 5.26 Å². The molecule has 25 heavy (non-hydrogen) atoms. The van der Waals surface area contributed by atoms with Crippen molar-refractivity contribution in [3.8, 4) is 6.07 Å². The van der Waals surface area contributed by atoms with Gasteiger partial charge in [0.25, 0.3) is 0 Å². The Morgan fingerprint density at radius 3 is 2.52 bits per heavy atom. The van der Waals surface area contributed by atoms with Crippen LogP contribution in [0.1, 0.15) is 82.5 Å². The molecule has 4 heteroatoms. The van der Waals surface area contributed by atoms with Crippen LogP contribution in [-0.2, 0) is 4.79 Å². The summed E-state index contributed by atoms with van der Waals surface area (Å²) in [6, 6.07) is 5.95. The SMILES string of the molecule is CCC(=O)CC(C)(C)C.Cc1nn2ccc(C#N)cc2c1C1CCC1. The van der Waals surface area contributed by atoms with Gasteiger partial charge in [0.2, 0.25) is 0 Å². The highest BCUT2D eigenvalue weighted by molar-refractivity contribution is 5.78. The lowest BCUT2D eigenvalue weighted by Gasteiger charge is -2.25. The monoisotopic (exact) mass is 339 g/mol. The molecule has 0 atom stereocenters. The summed E-state index contributed by atoms with van der Waals surface area (Å²) in [6.45, 7) is 10.2. The first-order valence-corrected chi connectivity index (χ1v) is 9.16. The van der Waals surface area contributed by atoms with Crippen LogP contribution in [-0.4, -0.2) is 15.4 Å². The van der Waals surface area contributed by atoms with E-state index in [-0.39, 0.29) is 5.41 Å². The lowest BCUT2D eigenvalue weighted by atomic mass is 9.79. The van der Waals surface area contributed by atoms with E-state index in [2.05, 4.69) is 38.9 Å². The number of aryl methyl sites for hydroxylation is 1. The van der Waals surface area contributed by atoms with Crippen LogP contribution in [0, 0.1) is 23.7 Å². The average molecular weight is 339 g/mol. The Balaban J connectivity index is 0.000000217. The number of Topliss-reactive ketones (excluding diaryl/α,β-unsaturated/α-hetero) is 1. The number of aromatic nitrogens is 2. The standard InChI is InChI=1S/C13H13N3.C8H16O/c1-9-13(11-3-2-4-11)12-7-10(8-14)5-6-16(12)15-9;1-5-7(9)6-8(2,3)4/h5-7,11H,2-4H2,1H3;5-6H2,1-4H3. The zero-order chi connectivity index (χ0) is 18.6. The fourth-order valence-electron chi connectivity index (χ4n) is 3.17. The predicted molar refractivity (Wildman–Crippen MR) is 101 cm³/mol. The minimum Gasteiger partial charge on any atom is -0.300 e. The molecule has 0 saturated heterocycles. The average Bonchev–Trinajstić information content (AvgIpc) is 2.80. The first-order valence-electron chi connectivity index (χ1n) is 9.16. The van der Waals surface area contributed by atoms with Gasteiger partial charge in [0.1, 0.15) is 5.78 Å². The third kappa shape index (κ3) is 4.92. The predicted octanol–water partition coefficient (Wildman–Crippen LogP) is 5.18. The number of carbonyl (C=O) groups is 1. The van der Waals surface area contributed by atoms with Crippen molar-refractivity contribution in [3.05, 3.63) is 35.2 Å². The van der Waals surface area contributed by atoms with Gasteiger partial charge in [-0.2, -0.15) is 10.4 Å². The summed E-state index contributed by atoms with van der Waals surface area (Å²) in [6.07, 6.45) is 7.11. The van der Waals surface area contributed by atoms with Gasteiger partial charge in [-0.15, -0.1) is 0 Å². The van der Waals surface area contributed by atoms with Crippen molar-refractivity contribution < 1.29 is 4.79 Å². The lowest BCUT2D eigenvalue weighted by Crippen LogP contribution is -2.11. The Bertz CT molecular complexity index is 786. The maximum Gasteiger partial charge on any atom is 0.133 e. The molecule has 0 amide bonds. The van der Waals surface area contributed by atoms with E-state index in [1.54, 1.807) is 0 Å². The molecule has 0 unspecified atom stereocenters. The largest absolute Gasteiger partial charge is 0.300 e. The summed E-state index contributed by atoms with van der Waals surface area (Å²) >= 11 is 0. The van der Waals surface area contributed by atoms with Crippen LogP contribution in [0.25, 0.3) is 5.52 Å². The summed E-state index contributed by atoms with van der Waals surface area (Å²) in [7, 11) is 0. The van der Waals surface area contributed by atoms with E-state index in [0.717, 1.165) is 11.2 Å². The molecular weight excluding hydrogens is 310 g/mol. The Labute approximate surface area is 150 Å². The van der Waals surface area contributed by atoms with Gasteiger partial charge in [0.15, 0.2) is 0 Å². The van der Waals surface area contributed by atoms with Gasteiger partial charge in [-0.25, -0.2) is 4.52 Å². The van der Waals surface area contributed by atoms with Crippen LogP contribution in [0.2, 0.25) is 0 Å². The van der Waals surface area contributed by atoms with Gasteiger partial charge in [0, 0.05) is 24.6 Å². The zero-order valence-corrected chi connectivity index (χ0v) is 16.1. The Hall–Kier alpha value is -2.15. The van der Waals surface area contributed by atoms with E-state index in [9.17, 15) is 4.79 Å². The lowest BCUT2D eigenvalue weighted by molar-refractivity contribution is -0.120. The molecular formula is C21H29N3O. The summed E-state index contributed by atoms with van der Waals surface area (Å²) in [5, 5.41) is 13.4. The van der Waals surface area contributed by atoms with Crippen molar-refractivity contribution >= 4 is 11.3 Å². The van der Waals surface area contributed by atoms with Crippen molar-refractivity contribution in [2.24, 2.45) is 5.41 Å². The number of ketones is 1. The number of hydrogen-bond acceptors (Lipinski definition) is 3. The van der Waals surface area contributed by atoms with Crippen molar-refractivity contribution in [2.45, 2.75) is 72.6 Å². The molecule has 0 aliphatic heterocycles. The second kappa shape index (κ2) is 7.82. The van der Waals surface area contributed by atoms with Crippen LogP contribution in [0.15, 0.2) is 18.3 Å². The molecule has 0 spiro atoms. The summed E-state index contributed by atoms with van der Waals surface area (Å²) in [5.41, 5.74) is 4.46. The Morgan fingerprint density at radius 1 is 1.40 bits per heavy atom. The zero-order valence-electron chi connectivity index (χ0n) is 16.1. The van der Waals surface area contributed by atoms with Crippen molar-refractivity contribution in [3.63, 3.8) is 0 Å². The molecule has 1 aliphatic rings. The molecule has 0 N–H and O–H groups in total. The minimum atomic E-state index is 0.174. The number of hydrogen-bond donors (Lipinski definition) is 0. The molecule has 4 nitrogen and oxygen atoms in total. The number of nitrogens with zero attached hydrogens (tertiary/aromatic N) is 3. The summed E-state index contributed by atoms with van der Waals surface area (Å²) in [5.74, 6) is 1.02. The van der Waals surface area contributed by atoms with E-state index in [1.807, 2.05) is 29.8 Å². The smallest absolute Gasteiger partial charge is 0.133 e. The second-order valence-corrected chi connectivity index (χ2v) is 8.11. The van der Waals surface area contributed by atoms with Crippen LogP contribution in [0.4, 0.5) is 0 Å². The maximum atomic E-state index is 10.8. The second-order valence-electron chi connectivity index (χ2n) is 8.11. The number of rotatable bonds is 3. The quantitative estimate of drug-likeness (QED) is 0.774. The van der Waals surface area contributed by atoms with E-state index in [0.29, 0.717) is 30.1 Å². The molecule has 2 heterocycles. The van der Waals surface area contributed by atoms with Crippen molar-refractivity contribution in [2.75, 3.05) is 0 Å². The van der Waals surface area contributed by atoms with E-state index >= 15 is 0 Å². The van der Waals surface area contributed by atoms with Crippen molar-refractivity contribution in [1.82, 2.24) is 9.61 Å². The van der Waals surface area contributed by atoms with Gasteiger partial charge >= 0.3 is 0 Å². The molecule has 2 aromatic heterocycles. The molecule has 134 valence electrons. The molecule has 0 aromatic carbocycles. The number of nitriles is 1. The first-order chi connectivity index (χ1) is 11.7. The molecule has 1 fully saturated rings. The molecule has 0 radical (unpaired) electrons. The van der Waals surface area contributed by atoms with Gasteiger partial charge in [0.05, 0.1) is 22.8 Å². The molecule has 3 rings (SSSR count). The fourth-order valence-corrected chi connectivity index (χ4v) is 3.17. The number of fused-ring (bicyclic) bond motifs is 1. The highest BCUT2D eigenvalue weighted by Crippen LogP contribution is 2.39. The molecule has 1 saturated carbocycles. The maximum absolute atomic E-state index is 10.8. The van der Waals surface area contributed by atoms with Gasteiger partial charge in [-0.1, -0.05) is 34.1 Å². The van der Waals surface area contributed by atoms with E-state index < -0.39 is 0 Å². The molecule has 2 aromatic rings. The fraction of sp³-hybridized carbons (Fsp3) is 0.571. The highest BCUT2D eigenvalue weighted by Gasteiger charge is 2.25. The van der Waals surface area contributed by atoms with Gasteiger partial charge in [-0.3, -0.25) is 4.79 Å². The number of pyridine rings is 1. The van der Waals surface area contributed by atoms with Crippen LogP contribution >= 0.6 is 0 Å². The van der Waals surface area contributed by atoms with E-state index in [4.69, 9.17) is 5.26 Å². The molecule has 1 aliphatic carbocycles. The van der Waals surface area contributed by atoms with E-state index in [1.165, 1.54) is 24.8 Å². The van der Waals surface area contributed by atoms with Crippen LogP contribution < -0.4 is 0 Å². The normalized spacial score (nSPS) is 14.4. The van der Waals surface area contributed by atoms with Crippen LogP contribution in [0.5, 0.6) is 0 Å². The third-order valence-electron chi connectivity index (χ3n) is 4.62. The summed E-state index contributed by atoms with van der Waals surface area (Å²) in [4.78, 5) is 10.8. The Kier molecular flexibility index (Phi) is 6.00. The summed E-state index contributed by atoms with van der Waals surface area (Å²) < 4.78 is 1.89. The first kappa shape index (κ1) is 19.2. The molecule has 0 bridgehead atoms. The van der Waals surface area contributed by atoms with Gasteiger partial charge in [-0.05, 0) is 43.2 Å². The Morgan fingerprint density at radius 2 is 2.08 bits per heavy atom. The van der Waals surface area contributed by atoms with Gasteiger partial charge < -0.3 is 0 Å². The third-order valence-corrected chi connectivity index (χ3v) is 4.62. The highest BCUT2D eigenvalue weighted by atomic mass is 16.1. The topological polar surface area (TPSA) is 58.2 Å². The minimum absolute atomic E-state index is 0.174. The number of carbonyl (C=O) groups excluding carboxylic acids is 1. The van der Waals surface area contributed by atoms with Crippen LogP contribution in [0.3, 0.4) is 0 Å².